The fourth-order valence-electron chi connectivity index (χ4n) is 7.96. The lowest BCUT2D eigenvalue weighted by atomic mass is 9.46. The van der Waals surface area contributed by atoms with Crippen molar-refractivity contribution < 1.29 is 14.4 Å². The first-order valence-corrected chi connectivity index (χ1v) is 12.2. The predicted molar refractivity (Wildman–Crippen MR) is 123 cm³/mol. The zero-order valence-corrected chi connectivity index (χ0v) is 19.5. The maximum Gasteiger partial charge on any atom is 0.367 e. The van der Waals surface area contributed by atoms with Crippen LogP contribution in [0.3, 0.4) is 0 Å². The molecule has 0 aliphatic heterocycles. The summed E-state index contributed by atoms with van der Waals surface area (Å²) >= 11 is 0. The zero-order valence-electron chi connectivity index (χ0n) is 19.5. The van der Waals surface area contributed by atoms with Crippen LogP contribution < -0.4 is 0 Å². The Balaban J connectivity index is 1.33. The summed E-state index contributed by atoms with van der Waals surface area (Å²) in [6.45, 7) is 6.91. The molecule has 5 heteroatoms. The van der Waals surface area contributed by atoms with Crippen molar-refractivity contribution >= 4 is 17.5 Å². The van der Waals surface area contributed by atoms with E-state index in [1.807, 2.05) is 13.0 Å². The van der Waals surface area contributed by atoms with Crippen molar-refractivity contribution in [2.24, 2.45) is 39.7 Å². The van der Waals surface area contributed by atoms with E-state index >= 15 is 0 Å². The van der Waals surface area contributed by atoms with Crippen LogP contribution in [0.5, 0.6) is 0 Å². The first-order valence-electron chi connectivity index (χ1n) is 12.2. The molecular weight excluding hydrogens is 400 g/mol. The Kier molecular flexibility index (Phi) is 5.34. The van der Waals surface area contributed by atoms with E-state index in [0.29, 0.717) is 35.5 Å². The molecule has 5 nitrogen and oxygen atoms in total. The number of hydrogen-bond donors (Lipinski definition) is 0. The third kappa shape index (κ3) is 3.36. The van der Waals surface area contributed by atoms with Gasteiger partial charge in [-0.15, -0.1) is 0 Å². The molecule has 0 N–H and O–H groups in total. The average Bonchev–Trinajstić information content (AvgIpc) is 3.15. The quantitative estimate of drug-likeness (QED) is 0.344. The van der Waals surface area contributed by atoms with Crippen molar-refractivity contribution in [3.63, 3.8) is 0 Å². The molecule has 6 atom stereocenters. The average molecular weight is 435 g/mol. The summed E-state index contributed by atoms with van der Waals surface area (Å²) in [7, 11) is 0. The molecule has 0 saturated heterocycles. The molecule has 0 bridgehead atoms. The normalized spacial score (nSPS) is 38.9. The van der Waals surface area contributed by atoms with Gasteiger partial charge in [-0.25, -0.2) is 4.79 Å². The molecule has 1 aromatic rings. The number of rotatable bonds is 3. The van der Waals surface area contributed by atoms with E-state index in [9.17, 15) is 9.59 Å². The lowest BCUT2D eigenvalue weighted by Gasteiger charge is -2.58. The van der Waals surface area contributed by atoms with Crippen molar-refractivity contribution in [1.29, 1.82) is 0 Å². The Morgan fingerprint density at radius 3 is 2.75 bits per heavy atom. The number of carbonyl (C=O) groups is 2. The molecule has 3 fully saturated rings. The number of carbonyl (C=O) groups excluding carboxylic acids is 2. The number of allylic oxidation sites excluding steroid dienone is 1. The Morgan fingerprint density at radius 1 is 1.12 bits per heavy atom. The summed E-state index contributed by atoms with van der Waals surface area (Å²) in [6, 6.07) is 3.42. The summed E-state index contributed by atoms with van der Waals surface area (Å²) in [4.78, 5) is 33.6. The second kappa shape index (κ2) is 7.93. The highest BCUT2D eigenvalue weighted by Crippen LogP contribution is 2.66. The van der Waals surface area contributed by atoms with Crippen LogP contribution >= 0.6 is 0 Å². The van der Waals surface area contributed by atoms with Gasteiger partial charge in [0.25, 0.3) is 0 Å². The van der Waals surface area contributed by atoms with Crippen LogP contribution in [0.15, 0.2) is 41.3 Å². The summed E-state index contributed by atoms with van der Waals surface area (Å²) in [5, 5.41) is 4.30. The van der Waals surface area contributed by atoms with Gasteiger partial charge in [0.15, 0.2) is 5.78 Å². The van der Waals surface area contributed by atoms with E-state index in [1.165, 1.54) is 37.5 Å². The number of hydrogen-bond acceptors (Lipinski definition) is 5. The highest BCUT2D eigenvalue weighted by Gasteiger charge is 2.59. The SMILES string of the molecule is CC(=NOC(=O)c1cccnc1)C1CCC2C3CCC4=CC(=O)CCC4(C)C3CCC12C. The maximum atomic E-state index is 12.3. The lowest BCUT2D eigenvalue weighted by Crippen LogP contribution is -2.51. The van der Waals surface area contributed by atoms with Gasteiger partial charge < -0.3 is 4.84 Å². The van der Waals surface area contributed by atoms with Crippen LogP contribution in [0, 0.1) is 34.5 Å². The highest BCUT2D eigenvalue weighted by molar-refractivity contribution is 5.92. The minimum Gasteiger partial charge on any atom is -0.313 e. The topological polar surface area (TPSA) is 68.6 Å². The van der Waals surface area contributed by atoms with Crippen molar-refractivity contribution in [3.8, 4) is 0 Å². The second-order valence-electron chi connectivity index (χ2n) is 11.0. The second-order valence-corrected chi connectivity index (χ2v) is 11.0. The molecular formula is C27H34N2O3. The Hall–Kier alpha value is -2.30. The molecule has 6 unspecified atom stereocenters. The number of ketones is 1. The fraction of sp³-hybridized carbons (Fsp3) is 0.630. The first-order chi connectivity index (χ1) is 15.3. The van der Waals surface area contributed by atoms with Crippen molar-refractivity contribution in [2.45, 2.75) is 72.1 Å². The van der Waals surface area contributed by atoms with Crippen molar-refractivity contribution in [1.82, 2.24) is 4.98 Å². The largest absolute Gasteiger partial charge is 0.367 e. The van der Waals surface area contributed by atoms with Crippen LogP contribution in [-0.2, 0) is 9.63 Å². The number of nitrogens with zero attached hydrogens (tertiary/aromatic N) is 2. The molecule has 4 aliphatic rings. The summed E-state index contributed by atoms with van der Waals surface area (Å²) < 4.78 is 0. The predicted octanol–water partition coefficient (Wildman–Crippen LogP) is 5.76. The van der Waals surface area contributed by atoms with Gasteiger partial charge in [-0.1, -0.05) is 24.6 Å². The van der Waals surface area contributed by atoms with Crippen molar-refractivity contribution in [2.75, 3.05) is 0 Å². The van der Waals surface area contributed by atoms with Gasteiger partial charge in [0.2, 0.25) is 0 Å². The Labute approximate surface area is 190 Å². The molecule has 4 aliphatic carbocycles. The third-order valence-electron chi connectivity index (χ3n) is 9.64. The van der Waals surface area contributed by atoms with Crippen LogP contribution in [0.1, 0.15) is 82.5 Å². The summed E-state index contributed by atoms with van der Waals surface area (Å²) in [5.41, 5.74) is 3.20. The minimum absolute atomic E-state index is 0.206. The molecule has 32 heavy (non-hydrogen) atoms. The number of fused-ring (bicyclic) bond motifs is 5. The van der Waals surface area contributed by atoms with E-state index < -0.39 is 5.97 Å². The highest BCUT2D eigenvalue weighted by atomic mass is 16.7. The molecule has 5 rings (SSSR count). The molecule has 170 valence electrons. The van der Waals surface area contributed by atoms with Gasteiger partial charge in [-0.3, -0.25) is 9.78 Å². The van der Waals surface area contributed by atoms with E-state index in [1.54, 1.807) is 18.3 Å². The monoisotopic (exact) mass is 434 g/mol. The van der Waals surface area contributed by atoms with Gasteiger partial charge >= 0.3 is 5.97 Å². The third-order valence-corrected chi connectivity index (χ3v) is 9.64. The van der Waals surface area contributed by atoms with Gasteiger partial charge in [0.1, 0.15) is 0 Å². The number of oxime groups is 1. The molecule has 0 spiro atoms. The standard InChI is InChI=1S/C27H34N2O3/c1-17(29-32-25(31)18-5-4-14-28-16-18)22-8-9-23-21-7-6-19-15-20(30)10-12-26(19,2)24(21)11-13-27(22,23)3/h4-5,14-16,21-24H,6-13H2,1-3H3. The van der Waals surface area contributed by atoms with Crippen LogP contribution in [0.25, 0.3) is 0 Å². The van der Waals surface area contributed by atoms with E-state index in [2.05, 4.69) is 24.0 Å². The van der Waals surface area contributed by atoms with Gasteiger partial charge in [-0.05, 0) is 98.7 Å². The first kappa shape index (κ1) is 21.5. The lowest BCUT2D eigenvalue weighted by molar-refractivity contribution is -0.117. The van der Waals surface area contributed by atoms with Crippen LogP contribution in [-0.4, -0.2) is 22.4 Å². The van der Waals surface area contributed by atoms with Crippen LogP contribution in [0.4, 0.5) is 0 Å². The molecule has 1 heterocycles. The minimum atomic E-state index is -0.452. The summed E-state index contributed by atoms with van der Waals surface area (Å²) in [5.74, 6) is 2.32. The molecule has 0 aromatic carbocycles. The van der Waals surface area contributed by atoms with E-state index in [-0.39, 0.29) is 10.8 Å². The fourth-order valence-corrected chi connectivity index (χ4v) is 7.96. The zero-order chi connectivity index (χ0) is 22.5. The van der Waals surface area contributed by atoms with Crippen LogP contribution in [0.2, 0.25) is 0 Å². The smallest absolute Gasteiger partial charge is 0.313 e. The molecule has 0 amide bonds. The van der Waals surface area contributed by atoms with Gasteiger partial charge in [0.05, 0.1) is 11.3 Å². The molecule has 3 saturated carbocycles. The number of pyridine rings is 1. The molecule has 0 radical (unpaired) electrons. The Morgan fingerprint density at radius 2 is 1.97 bits per heavy atom. The maximum absolute atomic E-state index is 12.3. The van der Waals surface area contributed by atoms with Crippen molar-refractivity contribution in [3.05, 3.63) is 41.7 Å². The van der Waals surface area contributed by atoms with E-state index in [0.717, 1.165) is 30.9 Å². The van der Waals surface area contributed by atoms with Gasteiger partial charge in [-0.2, -0.15) is 0 Å². The Bertz CT molecular complexity index is 984. The van der Waals surface area contributed by atoms with E-state index in [4.69, 9.17) is 4.84 Å². The van der Waals surface area contributed by atoms with Gasteiger partial charge in [0, 0.05) is 24.7 Å². The summed E-state index contributed by atoms with van der Waals surface area (Å²) in [6.07, 6.45) is 13.9. The molecule has 1 aromatic heterocycles. The number of aromatic nitrogens is 1.